The van der Waals surface area contributed by atoms with Crippen molar-refractivity contribution < 1.29 is 0 Å². The third kappa shape index (κ3) is 2.39. The molecule has 1 aromatic carbocycles. The number of nitrogen functional groups attached to an aromatic ring is 1. The van der Waals surface area contributed by atoms with E-state index in [1.54, 1.807) is 12.3 Å². The normalized spacial score (nSPS) is 9.88. The molecule has 2 rings (SSSR count). The van der Waals surface area contributed by atoms with Crippen LogP contribution >= 0.6 is 11.6 Å². The Bertz CT molecular complexity index is 488. The predicted molar refractivity (Wildman–Crippen MR) is 64.6 cm³/mol. The lowest BCUT2D eigenvalue weighted by Crippen LogP contribution is -2.09. The Morgan fingerprint density at radius 2 is 1.88 bits per heavy atom. The van der Waals surface area contributed by atoms with Gasteiger partial charge in [-0.15, -0.1) is 0 Å². The van der Waals surface area contributed by atoms with Crippen LogP contribution in [0.25, 0.3) is 0 Å². The van der Waals surface area contributed by atoms with Gasteiger partial charge >= 0.3 is 0 Å². The van der Waals surface area contributed by atoms with Crippen molar-refractivity contribution in [3.05, 3.63) is 41.7 Å². The summed E-state index contributed by atoms with van der Waals surface area (Å²) in [5.41, 5.74) is 3.19. The lowest BCUT2D eigenvalue weighted by molar-refractivity contribution is 1.16. The molecule has 0 unspecified atom stereocenters. The molecule has 0 amide bonds. The monoisotopic (exact) mass is 235 g/mol. The highest BCUT2D eigenvalue weighted by Gasteiger charge is 2.01. The quantitative estimate of drug-likeness (QED) is 0.562. The summed E-state index contributed by atoms with van der Waals surface area (Å²) in [6.07, 6.45) is 3.11. The molecule has 0 bridgehead atoms. The zero-order valence-corrected chi connectivity index (χ0v) is 9.07. The molecule has 0 spiro atoms. The third-order valence-corrected chi connectivity index (χ3v) is 2.25. The average molecular weight is 236 g/mol. The molecule has 4 N–H and O–H groups in total. The zero-order valence-electron chi connectivity index (χ0n) is 8.31. The van der Waals surface area contributed by atoms with Crippen molar-refractivity contribution in [2.75, 3.05) is 10.7 Å². The molecule has 6 heteroatoms. The fraction of sp³-hybridized carbons (Fsp3) is 0. The topological polar surface area (TPSA) is 75.9 Å². The first-order valence-corrected chi connectivity index (χ1v) is 4.97. The Morgan fingerprint density at radius 3 is 2.62 bits per heavy atom. The first-order valence-electron chi connectivity index (χ1n) is 4.60. The number of hydrogen-bond donors (Lipinski definition) is 3. The van der Waals surface area contributed by atoms with Gasteiger partial charge in [-0.2, -0.15) is 0 Å². The summed E-state index contributed by atoms with van der Waals surface area (Å²) in [5.74, 6) is 6.29. The molecule has 1 aromatic heterocycles. The molecule has 16 heavy (non-hydrogen) atoms. The number of hydrazine groups is 1. The highest BCUT2D eigenvalue weighted by molar-refractivity contribution is 6.33. The van der Waals surface area contributed by atoms with Crippen molar-refractivity contribution in [3.63, 3.8) is 0 Å². The van der Waals surface area contributed by atoms with E-state index in [-0.39, 0.29) is 0 Å². The number of nitrogens with two attached hydrogens (primary N) is 1. The molecule has 0 saturated heterocycles. The molecular formula is C10H10ClN5. The second-order valence-corrected chi connectivity index (χ2v) is 3.45. The van der Waals surface area contributed by atoms with Crippen molar-refractivity contribution in [2.24, 2.45) is 5.84 Å². The van der Waals surface area contributed by atoms with Crippen LogP contribution in [0.1, 0.15) is 0 Å². The van der Waals surface area contributed by atoms with Crippen molar-refractivity contribution in [3.8, 4) is 0 Å². The second-order valence-electron chi connectivity index (χ2n) is 3.04. The van der Waals surface area contributed by atoms with Crippen LogP contribution in [-0.4, -0.2) is 9.97 Å². The molecule has 5 nitrogen and oxygen atoms in total. The Morgan fingerprint density at radius 1 is 1.12 bits per heavy atom. The highest BCUT2D eigenvalue weighted by atomic mass is 35.5. The van der Waals surface area contributed by atoms with Gasteiger partial charge in [0, 0.05) is 0 Å². The van der Waals surface area contributed by atoms with Crippen LogP contribution in [0.2, 0.25) is 5.02 Å². The van der Waals surface area contributed by atoms with Gasteiger partial charge in [0.05, 0.1) is 23.1 Å². The van der Waals surface area contributed by atoms with E-state index in [9.17, 15) is 0 Å². The zero-order chi connectivity index (χ0) is 11.4. The van der Waals surface area contributed by atoms with E-state index in [0.29, 0.717) is 16.7 Å². The number of para-hydroxylation sites is 1. The first kappa shape index (κ1) is 10.7. The largest absolute Gasteiger partial charge is 0.338 e. The molecule has 1 heterocycles. The lowest BCUT2D eigenvalue weighted by Gasteiger charge is -2.07. The molecule has 82 valence electrons. The summed E-state index contributed by atoms with van der Waals surface area (Å²) in [4.78, 5) is 8.13. The van der Waals surface area contributed by atoms with Crippen LogP contribution in [-0.2, 0) is 0 Å². The number of hydrogen-bond acceptors (Lipinski definition) is 5. The van der Waals surface area contributed by atoms with Gasteiger partial charge in [0.25, 0.3) is 0 Å². The number of halogens is 1. The number of rotatable bonds is 3. The minimum absolute atomic E-state index is 0.483. The van der Waals surface area contributed by atoms with E-state index in [0.717, 1.165) is 5.69 Å². The van der Waals surface area contributed by atoms with E-state index in [1.807, 2.05) is 18.2 Å². The molecule has 0 aliphatic heterocycles. The van der Waals surface area contributed by atoms with Crippen LogP contribution in [0.3, 0.4) is 0 Å². The lowest BCUT2D eigenvalue weighted by atomic mass is 10.3. The number of benzene rings is 1. The summed E-state index contributed by atoms with van der Waals surface area (Å²) in [7, 11) is 0. The molecular weight excluding hydrogens is 226 g/mol. The Balaban J connectivity index is 2.24. The van der Waals surface area contributed by atoms with E-state index >= 15 is 0 Å². The molecule has 0 aliphatic rings. The molecule has 2 aromatic rings. The second kappa shape index (κ2) is 4.78. The predicted octanol–water partition coefficient (Wildman–Crippen LogP) is 2.16. The van der Waals surface area contributed by atoms with Crippen molar-refractivity contribution in [2.45, 2.75) is 0 Å². The van der Waals surface area contributed by atoms with Gasteiger partial charge in [0.2, 0.25) is 0 Å². The number of anilines is 3. The summed E-state index contributed by atoms with van der Waals surface area (Å²) in [6.45, 7) is 0. The van der Waals surface area contributed by atoms with Gasteiger partial charge < -0.3 is 10.7 Å². The van der Waals surface area contributed by atoms with Crippen LogP contribution in [0, 0.1) is 0 Å². The van der Waals surface area contributed by atoms with Gasteiger partial charge in [-0.3, -0.25) is 4.98 Å². The number of nitrogens with one attached hydrogen (secondary N) is 2. The van der Waals surface area contributed by atoms with Crippen LogP contribution in [0.5, 0.6) is 0 Å². The Hall–Kier alpha value is -1.85. The summed E-state index contributed by atoms with van der Waals surface area (Å²) in [6, 6.07) is 7.39. The standard InChI is InChI=1S/C10H10ClN5/c11-7-3-1-2-4-8(7)14-9-5-13-6-10(15-9)16-12/h1-6H,12H2,(H2,14,15,16). The highest BCUT2D eigenvalue weighted by Crippen LogP contribution is 2.23. The Labute approximate surface area is 97.6 Å². The molecule has 0 aliphatic carbocycles. The van der Waals surface area contributed by atoms with Crippen molar-refractivity contribution >= 4 is 28.9 Å². The summed E-state index contributed by atoms with van der Waals surface area (Å²) >= 11 is 6.00. The molecule has 0 radical (unpaired) electrons. The average Bonchev–Trinajstić information content (AvgIpc) is 2.32. The maximum absolute atomic E-state index is 6.00. The van der Waals surface area contributed by atoms with Crippen LogP contribution in [0.15, 0.2) is 36.7 Å². The fourth-order valence-electron chi connectivity index (χ4n) is 1.20. The smallest absolute Gasteiger partial charge is 0.160 e. The maximum atomic E-state index is 6.00. The van der Waals surface area contributed by atoms with Gasteiger partial charge in [-0.1, -0.05) is 23.7 Å². The third-order valence-electron chi connectivity index (χ3n) is 1.92. The number of aromatic nitrogens is 2. The van der Waals surface area contributed by atoms with Crippen LogP contribution < -0.4 is 16.6 Å². The SMILES string of the molecule is NNc1cncc(Nc2ccccc2Cl)n1. The fourth-order valence-corrected chi connectivity index (χ4v) is 1.38. The maximum Gasteiger partial charge on any atom is 0.160 e. The van der Waals surface area contributed by atoms with E-state index in [1.165, 1.54) is 6.20 Å². The van der Waals surface area contributed by atoms with Gasteiger partial charge in [0.15, 0.2) is 11.6 Å². The summed E-state index contributed by atoms with van der Waals surface area (Å²) < 4.78 is 0. The molecule has 0 atom stereocenters. The van der Waals surface area contributed by atoms with Crippen molar-refractivity contribution in [1.29, 1.82) is 0 Å². The molecule has 0 fully saturated rings. The Kier molecular flexibility index (Phi) is 3.19. The van der Waals surface area contributed by atoms with Crippen LogP contribution in [0.4, 0.5) is 17.3 Å². The van der Waals surface area contributed by atoms with Gasteiger partial charge in [0.1, 0.15) is 0 Å². The first-order chi connectivity index (χ1) is 7.79. The molecule has 0 saturated carbocycles. The van der Waals surface area contributed by atoms with E-state index in [4.69, 9.17) is 17.4 Å². The number of nitrogens with zero attached hydrogens (tertiary/aromatic N) is 2. The summed E-state index contributed by atoms with van der Waals surface area (Å²) in [5, 5.41) is 3.67. The van der Waals surface area contributed by atoms with E-state index < -0.39 is 0 Å². The van der Waals surface area contributed by atoms with Crippen molar-refractivity contribution in [1.82, 2.24) is 9.97 Å². The van der Waals surface area contributed by atoms with Gasteiger partial charge in [-0.05, 0) is 12.1 Å². The van der Waals surface area contributed by atoms with E-state index in [2.05, 4.69) is 20.7 Å². The van der Waals surface area contributed by atoms with Gasteiger partial charge in [-0.25, -0.2) is 10.8 Å². The minimum Gasteiger partial charge on any atom is -0.338 e. The minimum atomic E-state index is 0.483.